The van der Waals surface area contributed by atoms with Crippen molar-refractivity contribution in [2.24, 2.45) is 11.8 Å². The minimum atomic E-state index is 0.644. The zero-order chi connectivity index (χ0) is 12.3. The summed E-state index contributed by atoms with van der Waals surface area (Å²) >= 11 is 0. The molecule has 1 heterocycles. The lowest BCUT2D eigenvalue weighted by atomic mass is 10.0. The lowest BCUT2D eigenvalue weighted by Gasteiger charge is -2.37. The van der Waals surface area contributed by atoms with Crippen molar-refractivity contribution in [2.45, 2.75) is 32.7 Å². The average Bonchev–Trinajstić information content (AvgIpc) is 3.11. The largest absolute Gasteiger partial charge is 0.315 e. The topological polar surface area (TPSA) is 18.5 Å². The van der Waals surface area contributed by atoms with Gasteiger partial charge in [0, 0.05) is 45.3 Å². The standard InChI is InChI=1S/C14H29N3/c1-12(2)14(15-3)11-17-8-6-16(7-9-17)10-13-4-5-13/h12-15H,4-11H2,1-3H3. The van der Waals surface area contributed by atoms with Crippen LogP contribution in [0.15, 0.2) is 0 Å². The Morgan fingerprint density at radius 2 is 1.65 bits per heavy atom. The van der Waals surface area contributed by atoms with E-state index in [0.29, 0.717) is 6.04 Å². The maximum Gasteiger partial charge on any atom is 0.0214 e. The van der Waals surface area contributed by atoms with Gasteiger partial charge in [-0.15, -0.1) is 0 Å². The fourth-order valence-corrected chi connectivity index (χ4v) is 2.73. The van der Waals surface area contributed by atoms with Gasteiger partial charge in [0.2, 0.25) is 0 Å². The Morgan fingerprint density at radius 3 is 2.12 bits per heavy atom. The van der Waals surface area contributed by atoms with E-state index in [0.717, 1.165) is 11.8 Å². The summed E-state index contributed by atoms with van der Waals surface area (Å²) in [6.07, 6.45) is 2.96. The molecule has 1 saturated carbocycles. The molecule has 2 fully saturated rings. The highest BCUT2D eigenvalue weighted by atomic mass is 15.3. The molecular formula is C14H29N3. The second kappa shape index (κ2) is 6.17. The molecule has 0 aromatic carbocycles. The molecule has 17 heavy (non-hydrogen) atoms. The first kappa shape index (κ1) is 13.3. The van der Waals surface area contributed by atoms with E-state index >= 15 is 0 Å². The number of rotatable bonds is 6. The summed E-state index contributed by atoms with van der Waals surface area (Å²) in [5, 5.41) is 3.45. The molecular weight excluding hydrogens is 210 g/mol. The van der Waals surface area contributed by atoms with Crippen molar-refractivity contribution >= 4 is 0 Å². The summed E-state index contributed by atoms with van der Waals surface area (Å²) < 4.78 is 0. The van der Waals surface area contributed by atoms with Gasteiger partial charge in [0.1, 0.15) is 0 Å². The van der Waals surface area contributed by atoms with Crippen molar-refractivity contribution in [3.63, 3.8) is 0 Å². The van der Waals surface area contributed by atoms with Crippen molar-refractivity contribution < 1.29 is 0 Å². The molecule has 0 spiro atoms. The molecule has 0 aromatic rings. The Morgan fingerprint density at radius 1 is 1.06 bits per heavy atom. The maximum atomic E-state index is 3.45. The van der Waals surface area contributed by atoms with Gasteiger partial charge in [0.05, 0.1) is 0 Å². The number of likely N-dealkylation sites (N-methyl/N-ethyl adjacent to an activating group) is 1. The highest BCUT2D eigenvalue weighted by molar-refractivity contribution is 4.82. The van der Waals surface area contributed by atoms with Gasteiger partial charge >= 0.3 is 0 Å². The van der Waals surface area contributed by atoms with Crippen LogP contribution >= 0.6 is 0 Å². The van der Waals surface area contributed by atoms with Crippen LogP contribution in [0.1, 0.15) is 26.7 Å². The quantitative estimate of drug-likeness (QED) is 0.753. The van der Waals surface area contributed by atoms with E-state index in [2.05, 4.69) is 36.0 Å². The maximum absolute atomic E-state index is 3.45. The minimum Gasteiger partial charge on any atom is -0.315 e. The Hall–Kier alpha value is -0.120. The molecule has 2 aliphatic rings. The zero-order valence-corrected chi connectivity index (χ0v) is 11.8. The van der Waals surface area contributed by atoms with Crippen molar-refractivity contribution in [1.82, 2.24) is 15.1 Å². The van der Waals surface area contributed by atoms with Crippen molar-refractivity contribution in [3.8, 4) is 0 Å². The second-order valence-electron chi connectivity index (χ2n) is 6.18. The van der Waals surface area contributed by atoms with Crippen LogP contribution in [0, 0.1) is 11.8 Å². The molecule has 1 aliphatic carbocycles. The van der Waals surface area contributed by atoms with E-state index in [4.69, 9.17) is 0 Å². The summed E-state index contributed by atoms with van der Waals surface area (Å²) in [6, 6.07) is 0.644. The number of piperazine rings is 1. The third-order valence-electron chi connectivity index (χ3n) is 4.31. The second-order valence-corrected chi connectivity index (χ2v) is 6.18. The fraction of sp³-hybridized carbons (Fsp3) is 1.00. The summed E-state index contributed by atoms with van der Waals surface area (Å²) in [7, 11) is 2.09. The van der Waals surface area contributed by atoms with Crippen molar-refractivity contribution in [1.29, 1.82) is 0 Å². The normalized spacial score (nSPS) is 25.4. The van der Waals surface area contributed by atoms with E-state index in [9.17, 15) is 0 Å². The van der Waals surface area contributed by atoms with Gasteiger partial charge in [0.25, 0.3) is 0 Å². The third kappa shape index (κ3) is 4.23. The van der Waals surface area contributed by atoms with Crippen LogP contribution in [-0.4, -0.2) is 62.2 Å². The SMILES string of the molecule is CNC(CN1CCN(CC2CC2)CC1)C(C)C. The van der Waals surface area contributed by atoms with Crippen LogP contribution in [0.3, 0.4) is 0 Å². The molecule has 0 aromatic heterocycles. The Bertz CT molecular complexity index is 218. The van der Waals surface area contributed by atoms with Crippen LogP contribution < -0.4 is 5.32 Å². The van der Waals surface area contributed by atoms with Gasteiger partial charge in [-0.05, 0) is 31.7 Å². The number of hydrogen-bond donors (Lipinski definition) is 1. The van der Waals surface area contributed by atoms with Crippen molar-refractivity contribution in [2.75, 3.05) is 46.3 Å². The number of hydrogen-bond acceptors (Lipinski definition) is 3. The van der Waals surface area contributed by atoms with E-state index in [1.165, 1.54) is 52.1 Å². The molecule has 0 amide bonds. The minimum absolute atomic E-state index is 0.644. The summed E-state index contributed by atoms with van der Waals surface area (Å²) in [4.78, 5) is 5.29. The average molecular weight is 239 g/mol. The molecule has 0 bridgehead atoms. The molecule has 3 heteroatoms. The monoisotopic (exact) mass is 239 g/mol. The first-order chi connectivity index (χ1) is 8.19. The first-order valence-electron chi connectivity index (χ1n) is 7.31. The van der Waals surface area contributed by atoms with Crippen LogP contribution in [0.2, 0.25) is 0 Å². The Labute approximate surface area is 107 Å². The number of nitrogens with zero attached hydrogens (tertiary/aromatic N) is 2. The number of nitrogens with one attached hydrogen (secondary N) is 1. The molecule has 1 saturated heterocycles. The van der Waals surface area contributed by atoms with Gasteiger partial charge < -0.3 is 10.2 Å². The van der Waals surface area contributed by atoms with E-state index < -0.39 is 0 Å². The molecule has 100 valence electrons. The lowest BCUT2D eigenvalue weighted by Crippen LogP contribution is -2.51. The lowest BCUT2D eigenvalue weighted by molar-refractivity contribution is 0.114. The van der Waals surface area contributed by atoms with Gasteiger partial charge in [-0.2, -0.15) is 0 Å². The fourth-order valence-electron chi connectivity index (χ4n) is 2.73. The predicted molar refractivity (Wildman–Crippen MR) is 73.3 cm³/mol. The molecule has 0 radical (unpaired) electrons. The van der Waals surface area contributed by atoms with Crippen LogP contribution in [-0.2, 0) is 0 Å². The van der Waals surface area contributed by atoms with Crippen molar-refractivity contribution in [3.05, 3.63) is 0 Å². The summed E-state index contributed by atoms with van der Waals surface area (Å²) in [5.74, 6) is 1.77. The molecule has 1 unspecified atom stereocenters. The van der Waals surface area contributed by atoms with E-state index in [1.54, 1.807) is 0 Å². The third-order valence-corrected chi connectivity index (χ3v) is 4.31. The van der Waals surface area contributed by atoms with Gasteiger partial charge in [-0.1, -0.05) is 13.8 Å². The van der Waals surface area contributed by atoms with Crippen LogP contribution in [0.25, 0.3) is 0 Å². The molecule has 1 aliphatic heterocycles. The summed E-state index contributed by atoms with van der Waals surface area (Å²) in [5.41, 5.74) is 0. The van der Waals surface area contributed by atoms with Gasteiger partial charge in [-0.25, -0.2) is 0 Å². The molecule has 1 atom stereocenters. The Balaban J connectivity index is 1.66. The highest BCUT2D eigenvalue weighted by Crippen LogP contribution is 2.29. The first-order valence-corrected chi connectivity index (χ1v) is 7.31. The van der Waals surface area contributed by atoms with E-state index in [-0.39, 0.29) is 0 Å². The molecule has 2 rings (SSSR count). The van der Waals surface area contributed by atoms with Gasteiger partial charge in [-0.3, -0.25) is 4.90 Å². The highest BCUT2D eigenvalue weighted by Gasteiger charge is 2.27. The molecule has 1 N–H and O–H groups in total. The zero-order valence-electron chi connectivity index (χ0n) is 11.8. The van der Waals surface area contributed by atoms with E-state index in [1.807, 2.05) is 0 Å². The summed E-state index contributed by atoms with van der Waals surface area (Å²) in [6.45, 7) is 12.3. The molecule has 3 nitrogen and oxygen atoms in total. The van der Waals surface area contributed by atoms with Gasteiger partial charge in [0.15, 0.2) is 0 Å². The Kier molecular flexibility index (Phi) is 4.83. The smallest absolute Gasteiger partial charge is 0.0214 e. The predicted octanol–water partition coefficient (Wildman–Crippen LogP) is 1.26. The van der Waals surface area contributed by atoms with Crippen LogP contribution in [0.4, 0.5) is 0 Å². The van der Waals surface area contributed by atoms with Crippen LogP contribution in [0.5, 0.6) is 0 Å².